The highest BCUT2D eigenvalue weighted by molar-refractivity contribution is 8.47. The molecule has 0 saturated carbocycles. The molecule has 1 rings (SSSR count). The molecule has 2 amide bonds. The minimum absolute atomic E-state index is 0.0877. The third kappa shape index (κ3) is 14.0. The van der Waals surface area contributed by atoms with Crippen molar-refractivity contribution < 1.29 is 23.9 Å². The zero-order valence-corrected chi connectivity index (χ0v) is 32.8. The standard InChI is InChI=1S/C35H61N3O5S3/c1-12-15-26(4)43-33(7,8)22-25(3)37-28(39)17-18-35(11,24-36)32(5,6)23-27(34(9,10)46-31(44)45-13-2)30(41)42-21-20-38-19-14-16-29(38)40/h25-27H,12-23H2,1-11H3,(H,37,39). The zero-order chi connectivity index (χ0) is 35.3. The monoisotopic (exact) mass is 699 g/mol. The zero-order valence-electron chi connectivity index (χ0n) is 30.4. The molecule has 0 aliphatic carbocycles. The number of thioether (sulfide) groups is 2. The van der Waals surface area contributed by atoms with Crippen molar-refractivity contribution in [3.05, 3.63) is 0 Å². The van der Waals surface area contributed by atoms with E-state index >= 15 is 0 Å². The fourth-order valence-corrected chi connectivity index (χ4v) is 9.40. The molecule has 0 bridgehead atoms. The lowest BCUT2D eigenvalue weighted by molar-refractivity contribution is -0.152. The smallest absolute Gasteiger partial charge is 0.310 e. The Kier molecular flexibility index (Phi) is 17.6. The Labute approximate surface area is 293 Å². The van der Waals surface area contributed by atoms with E-state index < -0.39 is 21.5 Å². The maximum atomic E-state index is 13.7. The van der Waals surface area contributed by atoms with E-state index in [4.69, 9.17) is 21.7 Å². The molecule has 8 nitrogen and oxygen atoms in total. The Hall–Kier alpha value is -1.35. The van der Waals surface area contributed by atoms with Crippen LogP contribution < -0.4 is 5.32 Å². The average Bonchev–Trinajstić information content (AvgIpc) is 3.33. The van der Waals surface area contributed by atoms with Crippen LogP contribution in [0.15, 0.2) is 0 Å². The molecule has 0 aromatic rings. The highest BCUT2D eigenvalue weighted by atomic mass is 32.2. The molecule has 1 aliphatic rings. The number of carbonyl (C=O) groups excluding carboxylic acids is 3. The largest absolute Gasteiger partial charge is 0.464 e. The summed E-state index contributed by atoms with van der Waals surface area (Å²) in [7, 11) is 0. The van der Waals surface area contributed by atoms with Gasteiger partial charge in [0.2, 0.25) is 11.8 Å². The molecular weight excluding hydrogens is 639 g/mol. The third-order valence-electron chi connectivity index (χ3n) is 9.24. The highest BCUT2D eigenvalue weighted by Crippen LogP contribution is 2.50. The number of likely N-dealkylation sites (tertiary alicyclic amines) is 1. The van der Waals surface area contributed by atoms with Gasteiger partial charge in [0.1, 0.15) is 10.1 Å². The van der Waals surface area contributed by atoms with Gasteiger partial charge in [-0.05, 0) is 91.7 Å². The minimum Gasteiger partial charge on any atom is -0.464 e. The van der Waals surface area contributed by atoms with E-state index in [1.165, 1.54) is 11.8 Å². The van der Waals surface area contributed by atoms with Crippen molar-refractivity contribution >= 4 is 57.1 Å². The Balaban J connectivity index is 3.01. The van der Waals surface area contributed by atoms with Crippen molar-refractivity contribution in [1.82, 2.24) is 10.2 Å². The number of rotatable bonds is 20. The lowest BCUT2D eigenvalue weighted by Crippen LogP contribution is -2.45. The average molecular weight is 700 g/mol. The molecule has 0 aromatic heterocycles. The number of esters is 1. The van der Waals surface area contributed by atoms with Crippen molar-refractivity contribution in [2.75, 3.05) is 25.4 Å². The van der Waals surface area contributed by atoms with Crippen LogP contribution in [0.3, 0.4) is 0 Å². The van der Waals surface area contributed by atoms with E-state index in [1.54, 1.807) is 16.7 Å². The molecule has 1 aliphatic heterocycles. The first-order chi connectivity index (χ1) is 21.2. The first-order valence-electron chi connectivity index (χ1n) is 16.9. The van der Waals surface area contributed by atoms with Crippen molar-refractivity contribution in [3.63, 3.8) is 0 Å². The molecule has 1 saturated heterocycles. The van der Waals surface area contributed by atoms with Crippen LogP contribution in [-0.2, 0) is 23.9 Å². The fraction of sp³-hybridized carbons (Fsp3) is 0.857. The van der Waals surface area contributed by atoms with Gasteiger partial charge in [0.25, 0.3) is 0 Å². The summed E-state index contributed by atoms with van der Waals surface area (Å²) in [5, 5.41) is 13.6. The van der Waals surface area contributed by atoms with Gasteiger partial charge in [0, 0.05) is 30.2 Å². The maximum Gasteiger partial charge on any atom is 0.310 e. The van der Waals surface area contributed by atoms with Gasteiger partial charge in [-0.25, -0.2) is 0 Å². The second-order valence-electron chi connectivity index (χ2n) is 14.8. The third-order valence-corrected chi connectivity index (χ3v) is 11.9. The van der Waals surface area contributed by atoms with Gasteiger partial charge in [-0.1, -0.05) is 46.3 Å². The molecule has 4 atom stereocenters. The molecule has 0 aromatic carbocycles. The summed E-state index contributed by atoms with van der Waals surface area (Å²) in [6, 6.07) is 2.42. The van der Waals surface area contributed by atoms with Crippen LogP contribution in [0, 0.1) is 28.1 Å². The second kappa shape index (κ2) is 19.0. The van der Waals surface area contributed by atoms with E-state index in [2.05, 4.69) is 39.1 Å². The number of ether oxygens (including phenoxy) is 2. The lowest BCUT2D eigenvalue weighted by atomic mass is 9.60. The number of carbonyl (C=O) groups is 3. The van der Waals surface area contributed by atoms with E-state index in [-0.39, 0.29) is 48.6 Å². The molecule has 1 fully saturated rings. The normalized spacial score (nSPS) is 17.5. The predicted molar refractivity (Wildman–Crippen MR) is 196 cm³/mol. The quantitative estimate of drug-likeness (QED) is 0.100. The number of hydrogen-bond acceptors (Lipinski definition) is 9. The van der Waals surface area contributed by atoms with Crippen molar-refractivity contribution in [3.8, 4) is 6.07 Å². The molecule has 11 heteroatoms. The predicted octanol–water partition coefficient (Wildman–Crippen LogP) is 7.92. The molecule has 0 spiro atoms. The van der Waals surface area contributed by atoms with Gasteiger partial charge in [0.05, 0.1) is 35.7 Å². The van der Waals surface area contributed by atoms with Crippen molar-refractivity contribution in [2.45, 2.75) is 150 Å². The maximum absolute atomic E-state index is 13.7. The number of nitrogens with zero attached hydrogens (tertiary/aromatic N) is 2. The molecule has 0 radical (unpaired) electrons. The Morgan fingerprint density at radius 3 is 2.30 bits per heavy atom. The highest BCUT2D eigenvalue weighted by Gasteiger charge is 2.48. The number of nitrogens with one attached hydrogen (secondary N) is 1. The summed E-state index contributed by atoms with van der Waals surface area (Å²) in [6.07, 6.45) is 5.16. The summed E-state index contributed by atoms with van der Waals surface area (Å²) in [6.45, 7) is 23.4. The van der Waals surface area contributed by atoms with Crippen LogP contribution in [0.5, 0.6) is 0 Å². The molecule has 46 heavy (non-hydrogen) atoms. The Morgan fingerprint density at radius 2 is 1.76 bits per heavy atom. The van der Waals surface area contributed by atoms with Crippen molar-refractivity contribution in [1.29, 1.82) is 5.26 Å². The second-order valence-corrected chi connectivity index (χ2v) is 18.9. The van der Waals surface area contributed by atoms with Crippen LogP contribution in [0.2, 0.25) is 0 Å². The van der Waals surface area contributed by atoms with Gasteiger partial charge in [-0.3, -0.25) is 14.4 Å². The van der Waals surface area contributed by atoms with E-state index in [0.29, 0.717) is 38.8 Å². The summed E-state index contributed by atoms with van der Waals surface area (Å²) >= 11 is 8.67. The van der Waals surface area contributed by atoms with Crippen LogP contribution in [0.25, 0.3) is 0 Å². The number of amides is 2. The van der Waals surface area contributed by atoms with Gasteiger partial charge in [-0.15, -0.1) is 23.5 Å². The molecular formula is C35H61N3O5S3. The van der Waals surface area contributed by atoms with E-state index in [0.717, 1.165) is 28.5 Å². The molecule has 4 unspecified atom stereocenters. The molecule has 264 valence electrons. The van der Waals surface area contributed by atoms with Gasteiger partial charge >= 0.3 is 5.97 Å². The summed E-state index contributed by atoms with van der Waals surface area (Å²) in [4.78, 5) is 40.6. The van der Waals surface area contributed by atoms with Gasteiger partial charge in [0.15, 0.2) is 0 Å². The first kappa shape index (κ1) is 42.7. The molecule has 1 N–H and O–H groups in total. The number of thiocarbonyl (C=S) groups is 1. The van der Waals surface area contributed by atoms with Crippen LogP contribution in [0.1, 0.15) is 128 Å². The van der Waals surface area contributed by atoms with Crippen molar-refractivity contribution in [2.24, 2.45) is 16.7 Å². The fourth-order valence-electron chi connectivity index (χ4n) is 6.18. The number of hydrogen-bond donors (Lipinski definition) is 1. The first-order valence-corrected chi connectivity index (χ1v) is 19.1. The summed E-state index contributed by atoms with van der Waals surface area (Å²) < 4.78 is 12.2. The Morgan fingerprint density at radius 1 is 1.11 bits per heavy atom. The number of nitriles is 1. The molecule has 1 heterocycles. The van der Waals surface area contributed by atoms with Gasteiger partial charge < -0.3 is 19.7 Å². The van der Waals surface area contributed by atoms with Crippen LogP contribution in [0.4, 0.5) is 0 Å². The summed E-state index contributed by atoms with van der Waals surface area (Å²) in [5.74, 6) is -0.106. The lowest BCUT2D eigenvalue weighted by Gasteiger charge is -2.44. The van der Waals surface area contributed by atoms with Crippen LogP contribution in [-0.4, -0.2) is 74.2 Å². The van der Waals surface area contributed by atoms with E-state index in [1.807, 2.05) is 48.5 Å². The van der Waals surface area contributed by atoms with E-state index in [9.17, 15) is 19.6 Å². The SMILES string of the molecule is CCCC(C)OC(C)(C)CC(C)NC(=O)CCC(C)(C#N)C(C)(C)CC(C(=O)OCCN1CCCC1=O)C(C)(C)SC(=S)SCC. The topological polar surface area (TPSA) is 109 Å². The minimum atomic E-state index is -0.897. The van der Waals surface area contributed by atoms with Crippen LogP contribution >= 0.6 is 35.7 Å². The summed E-state index contributed by atoms with van der Waals surface area (Å²) in [5.41, 5.74) is -1.92. The van der Waals surface area contributed by atoms with Gasteiger partial charge in [-0.2, -0.15) is 5.26 Å². The Bertz CT molecular complexity index is 1070.